The summed E-state index contributed by atoms with van der Waals surface area (Å²) in [5, 5.41) is 5.48. The third-order valence-corrected chi connectivity index (χ3v) is 2.39. The quantitative estimate of drug-likeness (QED) is 0.888. The molecule has 1 atom stereocenters. The number of nitrogens with zero attached hydrogens (tertiary/aromatic N) is 1. The minimum atomic E-state index is -4.44. The van der Waals surface area contributed by atoms with Gasteiger partial charge in [-0.25, -0.2) is 0 Å². The maximum Gasteiger partial charge on any atom is 0.417 e. The van der Waals surface area contributed by atoms with E-state index in [1.54, 1.807) is 7.05 Å². The molecular weight excluding hydrogens is 318 g/mol. The first-order valence-corrected chi connectivity index (χ1v) is 5.33. The van der Waals surface area contributed by atoms with Gasteiger partial charge in [0.05, 0.1) is 5.56 Å². The van der Waals surface area contributed by atoms with Gasteiger partial charge in [-0.3, -0.25) is 9.78 Å². The van der Waals surface area contributed by atoms with Crippen molar-refractivity contribution in [2.75, 3.05) is 13.6 Å². The second-order valence-corrected chi connectivity index (χ2v) is 3.83. The molecule has 0 saturated heterocycles. The van der Waals surface area contributed by atoms with Gasteiger partial charge in [0.2, 0.25) is 0 Å². The number of hydrogen-bond donors (Lipinski definition) is 2. The van der Waals surface area contributed by atoms with E-state index in [9.17, 15) is 18.0 Å². The molecule has 0 spiro atoms. The van der Waals surface area contributed by atoms with Gasteiger partial charge in [-0.2, -0.15) is 13.2 Å². The number of halogens is 5. The Morgan fingerprint density at radius 2 is 1.95 bits per heavy atom. The summed E-state index contributed by atoms with van der Waals surface area (Å²) in [5.41, 5.74) is -0.908. The molecule has 1 amide bonds. The zero-order valence-electron chi connectivity index (χ0n) is 10.8. The highest BCUT2D eigenvalue weighted by molar-refractivity contribution is 5.92. The lowest BCUT2D eigenvalue weighted by atomic mass is 10.2. The molecule has 0 aliphatic rings. The van der Waals surface area contributed by atoms with Crippen LogP contribution in [0.15, 0.2) is 18.3 Å². The first-order chi connectivity index (χ1) is 8.34. The van der Waals surface area contributed by atoms with Crippen molar-refractivity contribution in [3.63, 3.8) is 0 Å². The zero-order chi connectivity index (χ0) is 13.8. The highest BCUT2D eigenvalue weighted by Gasteiger charge is 2.30. The number of alkyl halides is 3. The fourth-order valence-corrected chi connectivity index (χ4v) is 1.13. The van der Waals surface area contributed by atoms with Crippen LogP contribution in [0.3, 0.4) is 0 Å². The molecule has 0 radical (unpaired) electrons. The molecule has 0 saturated carbocycles. The van der Waals surface area contributed by atoms with Crippen LogP contribution in [0.4, 0.5) is 13.2 Å². The van der Waals surface area contributed by atoms with Gasteiger partial charge in [0.1, 0.15) is 5.69 Å². The summed E-state index contributed by atoms with van der Waals surface area (Å²) in [6.45, 7) is 2.23. The first-order valence-electron chi connectivity index (χ1n) is 5.33. The molecule has 1 aromatic rings. The molecule has 0 aromatic carbocycles. The Morgan fingerprint density at radius 1 is 1.35 bits per heavy atom. The molecule has 20 heavy (non-hydrogen) atoms. The predicted molar refractivity (Wildman–Crippen MR) is 74.6 cm³/mol. The van der Waals surface area contributed by atoms with E-state index in [2.05, 4.69) is 15.6 Å². The smallest absolute Gasteiger partial charge is 0.349 e. The molecule has 1 unspecified atom stereocenters. The van der Waals surface area contributed by atoms with Gasteiger partial charge < -0.3 is 10.6 Å². The number of nitrogens with one attached hydrogen (secondary N) is 2. The van der Waals surface area contributed by atoms with Crippen molar-refractivity contribution in [1.82, 2.24) is 15.6 Å². The minimum absolute atomic E-state index is 0. The van der Waals surface area contributed by atoms with Gasteiger partial charge in [0.15, 0.2) is 0 Å². The largest absolute Gasteiger partial charge is 0.417 e. The number of rotatable bonds is 4. The summed E-state index contributed by atoms with van der Waals surface area (Å²) in [6, 6.07) is 1.97. The number of pyridine rings is 1. The van der Waals surface area contributed by atoms with Gasteiger partial charge in [0.25, 0.3) is 5.91 Å². The molecule has 0 aliphatic carbocycles. The SMILES string of the molecule is CNC(C)CNC(=O)c1ccc(C(F)(F)F)cn1.Cl.Cl. The summed E-state index contributed by atoms with van der Waals surface area (Å²) < 4.78 is 36.8. The van der Waals surface area contributed by atoms with Crippen LogP contribution in [0.5, 0.6) is 0 Å². The van der Waals surface area contributed by atoms with E-state index in [4.69, 9.17) is 0 Å². The van der Waals surface area contributed by atoms with Crippen molar-refractivity contribution in [2.45, 2.75) is 19.1 Å². The van der Waals surface area contributed by atoms with Crippen LogP contribution in [-0.2, 0) is 6.18 Å². The Kier molecular flexibility index (Phi) is 9.55. The van der Waals surface area contributed by atoms with Crippen LogP contribution in [-0.4, -0.2) is 30.5 Å². The Labute approximate surface area is 127 Å². The highest BCUT2D eigenvalue weighted by atomic mass is 35.5. The van der Waals surface area contributed by atoms with Crippen molar-refractivity contribution < 1.29 is 18.0 Å². The second kappa shape index (κ2) is 8.99. The number of aromatic nitrogens is 1. The van der Waals surface area contributed by atoms with Crippen LogP contribution >= 0.6 is 24.8 Å². The summed E-state index contributed by atoms with van der Waals surface area (Å²) in [6.07, 6.45) is -3.79. The minimum Gasteiger partial charge on any atom is -0.349 e. The average molecular weight is 334 g/mol. The van der Waals surface area contributed by atoms with E-state index < -0.39 is 17.6 Å². The van der Waals surface area contributed by atoms with E-state index in [1.165, 1.54) is 0 Å². The molecule has 0 aliphatic heterocycles. The number of carbonyl (C=O) groups excluding carboxylic acids is 1. The van der Waals surface area contributed by atoms with Crippen molar-refractivity contribution in [1.29, 1.82) is 0 Å². The van der Waals surface area contributed by atoms with E-state index >= 15 is 0 Å². The molecule has 1 aromatic heterocycles. The van der Waals surface area contributed by atoms with E-state index in [-0.39, 0.29) is 36.5 Å². The number of likely N-dealkylation sites (N-methyl/N-ethyl adjacent to an activating group) is 1. The highest BCUT2D eigenvalue weighted by Crippen LogP contribution is 2.28. The lowest BCUT2D eigenvalue weighted by Gasteiger charge is -2.11. The molecule has 0 fully saturated rings. The standard InChI is InChI=1S/C11H14F3N3O.2ClH/c1-7(15-2)5-17-10(18)9-4-3-8(6-16-9)11(12,13)14;;/h3-4,6-7,15H,5H2,1-2H3,(H,17,18);2*1H. The summed E-state index contributed by atoms with van der Waals surface area (Å²) in [4.78, 5) is 15.0. The van der Waals surface area contributed by atoms with Crippen LogP contribution < -0.4 is 10.6 Å². The lowest BCUT2D eigenvalue weighted by molar-refractivity contribution is -0.137. The fourth-order valence-electron chi connectivity index (χ4n) is 1.13. The average Bonchev–Trinajstić information content (AvgIpc) is 2.34. The van der Waals surface area contributed by atoms with Crippen molar-refractivity contribution in [3.8, 4) is 0 Å². The topological polar surface area (TPSA) is 54.0 Å². The predicted octanol–water partition coefficient (Wildman–Crippen LogP) is 2.28. The van der Waals surface area contributed by atoms with Crippen molar-refractivity contribution >= 4 is 30.7 Å². The van der Waals surface area contributed by atoms with E-state index in [0.717, 1.165) is 12.1 Å². The normalized spacial score (nSPS) is 11.8. The molecular formula is C11H16Cl2F3N3O. The van der Waals surface area contributed by atoms with Gasteiger partial charge in [0, 0.05) is 18.8 Å². The van der Waals surface area contributed by atoms with Gasteiger partial charge in [-0.1, -0.05) is 0 Å². The van der Waals surface area contributed by atoms with E-state index in [1.807, 2.05) is 6.92 Å². The monoisotopic (exact) mass is 333 g/mol. The van der Waals surface area contributed by atoms with Crippen LogP contribution in [0.1, 0.15) is 23.0 Å². The van der Waals surface area contributed by atoms with Gasteiger partial charge in [-0.15, -0.1) is 24.8 Å². The lowest BCUT2D eigenvalue weighted by Crippen LogP contribution is -2.37. The second-order valence-electron chi connectivity index (χ2n) is 3.83. The zero-order valence-corrected chi connectivity index (χ0v) is 12.5. The van der Waals surface area contributed by atoms with Gasteiger partial charge in [-0.05, 0) is 26.1 Å². The molecule has 2 N–H and O–H groups in total. The Bertz CT molecular complexity index is 412. The third kappa shape index (κ3) is 6.40. The Morgan fingerprint density at radius 3 is 2.35 bits per heavy atom. The van der Waals surface area contributed by atoms with Crippen LogP contribution in [0.25, 0.3) is 0 Å². The maximum absolute atomic E-state index is 12.3. The molecule has 4 nitrogen and oxygen atoms in total. The fraction of sp³-hybridized carbons (Fsp3) is 0.455. The molecule has 116 valence electrons. The van der Waals surface area contributed by atoms with Crippen LogP contribution in [0, 0.1) is 0 Å². The van der Waals surface area contributed by atoms with Crippen LogP contribution in [0.2, 0.25) is 0 Å². The summed E-state index contributed by atoms with van der Waals surface area (Å²) >= 11 is 0. The number of carbonyl (C=O) groups is 1. The summed E-state index contributed by atoms with van der Waals surface area (Å²) in [7, 11) is 1.74. The summed E-state index contributed by atoms with van der Waals surface area (Å²) in [5.74, 6) is -0.495. The first kappa shape index (κ1) is 21.3. The Hall–Kier alpha value is -1.05. The molecule has 1 heterocycles. The molecule has 1 rings (SSSR count). The maximum atomic E-state index is 12.3. The molecule has 0 bridgehead atoms. The van der Waals surface area contributed by atoms with Crippen molar-refractivity contribution in [3.05, 3.63) is 29.6 Å². The third-order valence-electron chi connectivity index (χ3n) is 2.39. The van der Waals surface area contributed by atoms with Crippen molar-refractivity contribution in [2.24, 2.45) is 0 Å². The molecule has 9 heteroatoms. The Balaban J connectivity index is 0. The number of hydrogen-bond acceptors (Lipinski definition) is 3. The number of amides is 1. The van der Waals surface area contributed by atoms with Gasteiger partial charge >= 0.3 is 6.18 Å². The van der Waals surface area contributed by atoms with E-state index in [0.29, 0.717) is 12.7 Å².